The molecule has 0 radical (unpaired) electrons. The number of benzene rings is 2. The molecular formula is C19H19ClN4O4S. The fourth-order valence-electron chi connectivity index (χ4n) is 2.88. The number of nitrogens with zero attached hydrogens (tertiary/aromatic N) is 3. The highest BCUT2D eigenvalue weighted by Crippen LogP contribution is 2.26. The second kappa shape index (κ2) is 8.32. The zero-order chi connectivity index (χ0) is 21.2. The molecule has 2 aromatic carbocycles. The smallest absolute Gasteiger partial charge is 0.269 e. The average Bonchev–Trinajstić information content (AvgIpc) is 3.12. The number of sulfonamides is 1. The number of aromatic amines is 1. The Morgan fingerprint density at radius 1 is 1.21 bits per heavy atom. The molecule has 1 heterocycles. The van der Waals surface area contributed by atoms with E-state index in [4.69, 9.17) is 11.6 Å². The molecular weight excluding hydrogens is 416 g/mol. The number of nitro groups is 1. The lowest BCUT2D eigenvalue weighted by Crippen LogP contribution is -2.30. The van der Waals surface area contributed by atoms with Gasteiger partial charge >= 0.3 is 0 Å². The standard InChI is InChI=1S/C19H19ClN4O4S/c1-3-23(4-2)29(27,28)15-9-10-17-18(12-15)22-19(21-17)16(20)11-13-5-7-14(8-6-13)24(25)26/h5-12H,3-4H2,1-2H3,(H,21,22)/b16-11-. The summed E-state index contributed by atoms with van der Waals surface area (Å²) in [6, 6.07) is 10.6. The van der Waals surface area contributed by atoms with Gasteiger partial charge in [0, 0.05) is 25.2 Å². The zero-order valence-corrected chi connectivity index (χ0v) is 17.4. The summed E-state index contributed by atoms with van der Waals surface area (Å²) in [5.74, 6) is 0.373. The molecule has 10 heteroatoms. The topological polar surface area (TPSA) is 109 Å². The molecule has 0 unspecified atom stereocenters. The van der Waals surface area contributed by atoms with Gasteiger partial charge in [0.05, 0.1) is 25.9 Å². The van der Waals surface area contributed by atoms with Crippen LogP contribution in [0, 0.1) is 10.1 Å². The first kappa shape index (κ1) is 21.0. The third kappa shape index (κ3) is 4.31. The average molecular weight is 435 g/mol. The number of rotatable bonds is 7. The van der Waals surface area contributed by atoms with Crippen molar-refractivity contribution in [2.24, 2.45) is 0 Å². The number of non-ortho nitro benzene ring substituents is 1. The van der Waals surface area contributed by atoms with Crippen LogP contribution in [-0.4, -0.2) is 40.7 Å². The number of hydrogen-bond acceptors (Lipinski definition) is 5. The summed E-state index contributed by atoms with van der Waals surface area (Å²) < 4.78 is 26.8. The van der Waals surface area contributed by atoms with Crippen molar-refractivity contribution in [2.75, 3.05) is 13.1 Å². The van der Waals surface area contributed by atoms with Crippen molar-refractivity contribution >= 4 is 49.5 Å². The van der Waals surface area contributed by atoms with Crippen molar-refractivity contribution in [1.29, 1.82) is 0 Å². The van der Waals surface area contributed by atoms with Crippen LogP contribution in [0.3, 0.4) is 0 Å². The summed E-state index contributed by atoms with van der Waals surface area (Å²) in [6.07, 6.45) is 1.62. The second-order valence-corrected chi connectivity index (χ2v) is 8.54. The van der Waals surface area contributed by atoms with Crippen molar-refractivity contribution < 1.29 is 13.3 Å². The van der Waals surface area contributed by atoms with Gasteiger partial charge in [-0.3, -0.25) is 10.1 Å². The second-order valence-electron chi connectivity index (χ2n) is 6.19. The Morgan fingerprint density at radius 2 is 1.86 bits per heavy atom. The quantitative estimate of drug-likeness (QED) is 0.441. The molecule has 3 rings (SSSR count). The summed E-state index contributed by atoms with van der Waals surface area (Å²) in [5, 5.41) is 11.0. The first-order chi connectivity index (χ1) is 13.8. The van der Waals surface area contributed by atoms with Gasteiger partial charge in [-0.25, -0.2) is 13.4 Å². The van der Waals surface area contributed by atoms with Crippen LogP contribution in [0.15, 0.2) is 47.4 Å². The third-order valence-electron chi connectivity index (χ3n) is 4.42. The lowest BCUT2D eigenvalue weighted by atomic mass is 10.2. The van der Waals surface area contributed by atoms with Crippen LogP contribution in [0.2, 0.25) is 0 Å². The number of fused-ring (bicyclic) bond motifs is 1. The number of imidazole rings is 1. The van der Waals surface area contributed by atoms with E-state index in [1.165, 1.54) is 28.6 Å². The number of nitro benzene ring substituents is 1. The maximum Gasteiger partial charge on any atom is 0.269 e. The molecule has 8 nitrogen and oxygen atoms in total. The van der Waals surface area contributed by atoms with Crippen molar-refractivity contribution in [2.45, 2.75) is 18.7 Å². The number of aromatic nitrogens is 2. The summed E-state index contributed by atoms with van der Waals surface area (Å²) in [5.41, 5.74) is 1.78. The maximum atomic E-state index is 12.7. The minimum Gasteiger partial charge on any atom is -0.337 e. The first-order valence-corrected chi connectivity index (χ1v) is 10.7. The Balaban J connectivity index is 1.94. The first-order valence-electron chi connectivity index (χ1n) is 8.88. The van der Waals surface area contributed by atoms with Crippen LogP contribution in [0.1, 0.15) is 25.2 Å². The molecule has 0 atom stereocenters. The summed E-state index contributed by atoms with van der Waals surface area (Å²) >= 11 is 6.35. The molecule has 3 aromatic rings. The summed E-state index contributed by atoms with van der Waals surface area (Å²) in [6.45, 7) is 4.34. The number of hydrogen-bond donors (Lipinski definition) is 1. The van der Waals surface area contributed by atoms with E-state index in [0.717, 1.165) is 0 Å². The Hall–Kier alpha value is -2.75. The highest BCUT2D eigenvalue weighted by molar-refractivity contribution is 7.89. The van der Waals surface area contributed by atoms with Gasteiger partial charge in [0.25, 0.3) is 5.69 Å². The predicted molar refractivity (Wildman–Crippen MR) is 113 cm³/mol. The predicted octanol–water partition coefficient (Wildman–Crippen LogP) is 4.24. The molecule has 0 saturated carbocycles. The molecule has 1 aromatic heterocycles. The largest absolute Gasteiger partial charge is 0.337 e. The van der Waals surface area contributed by atoms with E-state index in [9.17, 15) is 18.5 Å². The van der Waals surface area contributed by atoms with Crippen molar-refractivity contribution in [3.8, 4) is 0 Å². The molecule has 0 saturated heterocycles. The van der Waals surface area contributed by atoms with Crippen LogP contribution < -0.4 is 0 Å². The molecule has 0 fully saturated rings. The Kier molecular flexibility index (Phi) is 6.02. The van der Waals surface area contributed by atoms with Crippen molar-refractivity contribution in [1.82, 2.24) is 14.3 Å². The van der Waals surface area contributed by atoms with Crippen LogP contribution in [0.25, 0.3) is 22.1 Å². The van der Waals surface area contributed by atoms with E-state index in [2.05, 4.69) is 9.97 Å². The SMILES string of the molecule is CCN(CC)S(=O)(=O)c1ccc2nc(/C(Cl)=C/c3ccc([N+](=O)[O-])cc3)[nH]c2c1. The molecule has 0 bridgehead atoms. The van der Waals surface area contributed by atoms with E-state index in [1.54, 1.807) is 38.1 Å². The van der Waals surface area contributed by atoms with Gasteiger partial charge in [0.15, 0.2) is 0 Å². The molecule has 152 valence electrons. The van der Waals surface area contributed by atoms with E-state index in [1.807, 2.05) is 0 Å². The van der Waals surface area contributed by atoms with Gasteiger partial charge in [-0.05, 0) is 42.0 Å². The Morgan fingerprint density at radius 3 is 2.45 bits per heavy atom. The van der Waals surface area contributed by atoms with E-state index < -0.39 is 14.9 Å². The highest BCUT2D eigenvalue weighted by Gasteiger charge is 2.22. The van der Waals surface area contributed by atoms with Gasteiger partial charge in [-0.1, -0.05) is 25.4 Å². The normalized spacial score (nSPS) is 12.6. The van der Waals surface area contributed by atoms with E-state index in [-0.39, 0.29) is 10.6 Å². The van der Waals surface area contributed by atoms with E-state index >= 15 is 0 Å². The molecule has 0 aliphatic heterocycles. The van der Waals surface area contributed by atoms with Gasteiger partial charge < -0.3 is 4.98 Å². The van der Waals surface area contributed by atoms with Crippen LogP contribution in [0.4, 0.5) is 5.69 Å². The fraction of sp³-hybridized carbons (Fsp3) is 0.211. The number of H-pyrrole nitrogens is 1. The van der Waals surface area contributed by atoms with Crippen molar-refractivity contribution in [3.05, 3.63) is 64.0 Å². The van der Waals surface area contributed by atoms with Gasteiger partial charge in [0.1, 0.15) is 5.82 Å². The lowest BCUT2D eigenvalue weighted by molar-refractivity contribution is -0.384. The molecule has 0 spiro atoms. The monoisotopic (exact) mass is 434 g/mol. The molecule has 0 amide bonds. The Labute approximate surface area is 173 Å². The van der Waals surface area contributed by atoms with E-state index in [0.29, 0.717) is 40.5 Å². The zero-order valence-electron chi connectivity index (χ0n) is 15.8. The van der Waals surface area contributed by atoms with Gasteiger partial charge in [-0.2, -0.15) is 4.31 Å². The van der Waals surface area contributed by atoms with Crippen molar-refractivity contribution in [3.63, 3.8) is 0 Å². The molecule has 0 aliphatic carbocycles. The fourth-order valence-corrected chi connectivity index (χ4v) is 4.58. The highest BCUT2D eigenvalue weighted by atomic mass is 35.5. The summed E-state index contributed by atoms with van der Waals surface area (Å²) in [4.78, 5) is 17.9. The maximum absolute atomic E-state index is 12.7. The van der Waals surface area contributed by atoms with Crippen LogP contribution in [0.5, 0.6) is 0 Å². The van der Waals surface area contributed by atoms with Gasteiger partial charge in [0.2, 0.25) is 10.0 Å². The van der Waals surface area contributed by atoms with Gasteiger partial charge in [-0.15, -0.1) is 0 Å². The third-order valence-corrected chi connectivity index (χ3v) is 6.75. The molecule has 29 heavy (non-hydrogen) atoms. The van der Waals surface area contributed by atoms with Crippen LogP contribution in [-0.2, 0) is 10.0 Å². The number of halogens is 1. The molecule has 1 N–H and O–H groups in total. The minimum atomic E-state index is -3.58. The minimum absolute atomic E-state index is 0.0102. The number of nitrogens with one attached hydrogen (secondary N) is 1. The Bertz CT molecular complexity index is 1180. The lowest BCUT2D eigenvalue weighted by Gasteiger charge is -2.18. The molecule has 0 aliphatic rings. The summed E-state index contributed by atoms with van der Waals surface area (Å²) in [7, 11) is -3.58. The van der Waals surface area contributed by atoms with Crippen LogP contribution >= 0.6 is 11.6 Å².